The van der Waals surface area contributed by atoms with E-state index in [1.807, 2.05) is 42.5 Å². The van der Waals surface area contributed by atoms with E-state index in [9.17, 15) is 9.59 Å². The molecule has 8 heteroatoms. The topological polar surface area (TPSA) is 104 Å². The molecule has 1 aliphatic rings. The number of rotatable bonds is 6. The molecule has 1 saturated heterocycles. The van der Waals surface area contributed by atoms with Gasteiger partial charge in [0.1, 0.15) is 5.82 Å². The van der Waals surface area contributed by atoms with Crippen molar-refractivity contribution < 1.29 is 9.59 Å². The van der Waals surface area contributed by atoms with E-state index in [-0.39, 0.29) is 30.7 Å². The van der Waals surface area contributed by atoms with Crippen LogP contribution in [-0.4, -0.2) is 43.4 Å². The lowest BCUT2D eigenvalue weighted by Crippen LogP contribution is -2.32. The molecule has 1 aromatic carbocycles. The first-order chi connectivity index (χ1) is 13.7. The Morgan fingerprint density at radius 3 is 2.86 bits per heavy atom. The van der Waals surface area contributed by atoms with Crippen LogP contribution >= 0.6 is 0 Å². The van der Waals surface area contributed by atoms with Crippen LogP contribution < -0.4 is 5.32 Å². The minimum atomic E-state index is -0.360. The van der Waals surface area contributed by atoms with Crippen LogP contribution in [0.25, 0.3) is 11.4 Å². The fourth-order valence-corrected chi connectivity index (χ4v) is 3.22. The van der Waals surface area contributed by atoms with Crippen molar-refractivity contribution in [3.05, 3.63) is 66.2 Å². The zero-order valence-electron chi connectivity index (χ0n) is 15.2. The number of likely N-dealkylation sites (tertiary alicyclic amines) is 1. The number of benzene rings is 1. The van der Waals surface area contributed by atoms with Gasteiger partial charge in [0.15, 0.2) is 5.82 Å². The summed E-state index contributed by atoms with van der Waals surface area (Å²) in [5, 5.41) is 9.86. The van der Waals surface area contributed by atoms with Gasteiger partial charge in [-0.3, -0.25) is 19.7 Å². The molecule has 142 valence electrons. The molecule has 0 aliphatic carbocycles. The number of hydrogen-bond acceptors (Lipinski definition) is 5. The van der Waals surface area contributed by atoms with Crippen molar-refractivity contribution >= 4 is 11.8 Å². The van der Waals surface area contributed by atoms with E-state index in [4.69, 9.17) is 0 Å². The first-order valence-electron chi connectivity index (χ1n) is 9.10. The molecule has 1 fully saturated rings. The summed E-state index contributed by atoms with van der Waals surface area (Å²) in [6.45, 7) is 1.12. The van der Waals surface area contributed by atoms with E-state index in [1.54, 1.807) is 17.3 Å². The maximum absolute atomic E-state index is 12.5. The lowest BCUT2D eigenvalue weighted by atomic mass is 10.1. The van der Waals surface area contributed by atoms with Crippen LogP contribution in [0.4, 0.5) is 0 Å². The second-order valence-electron chi connectivity index (χ2n) is 6.73. The number of aromatic nitrogens is 4. The summed E-state index contributed by atoms with van der Waals surface area (Å²) in [5.74, 6) is 0.627. The highest BCUT2D eigenvalue weighted by Crippen LogP contribution is 2.20. The Morgan fingerprint density at radius 2 is 2.07 bits per heavy atom. The summed E-state index contributed by atoms with van der Waals surface area (Å²) in [4.78, 5) is 34.9. The largest absolute Gasteiger partial charge is 0.349 e. The van der Waals surface area contributed by atoms with Crippen molar-refractivity contribution in [2.24, 2.45) is 5.92 Å². The number of nitrogens with one attached hydrogen (secondary N) is 2. The van der Waals surface area contributed by atoms with Gasteiger partial charge >= 0.3 is 0 Å². The molecule has 0 radical (unpaired) electrons. The molecule has 0 bridgehead atoms. The summed E-state index contributed by atoms with van der Waals surface area (Å²) in [7, 11) is 0. The van der Waals surface area contributed by atoms with Crippen LogP contribution in [0.5, 0.6) is 0 Å². The van der Waals surface area contributed by atoms with Gasteiger partial charge in [-0.05, 0) is 11.6 Å². The Bertz CT molecular complexity index is 957. The number of carbonyl (C=O) groups excluding carboxylic acids is 2. The molecule has 3 heterocycles. The molecule has 0 spiro atoms. The Labute approximate surface area is 162 Å². The molecule has 8 nitrogen and oxygen atoms in total. The van der Waals surface area contributed by atoms with Gasteiger partial charge in [-0.2, -0.15) is 5.10 Å². The van der Waals surface area contributed by atoms with E-state index >= 15 is 0 Å². The molecular weight excluding hydrogens is 356 g/mol. The fraction of sp³-hybridized carbons (Fsp3) is 0.250. The monoisotopic (exact) mass is 376 g/mol. The number of pyridine rings is 1. The minimum absolute atomic E-state index is 0.0185. The molecule has 1 unspecified atom stereocenters. The number of nitrogens with zero attached hydrogens (tertiary/aromatic N) is 4. The van der Waals surface area contributed by atoms with Gasteiger partial charge in [0.2, 0.25) is 11.8 Å². The van der Waals surface area contributed by atoms with Crippen LogP contribution in [0.1, 0.15) is 17.8 Å². The molecular formula is C20H20N6O2. The average molecular weight is 376 g/mol. The van der Waals surface area contributed by atoms with Crippen LogP contribution in [0.2, 0.25) is 0 Å². The van der Waals surface area contributed by atoms with Crippen LogP contribution in [0.3, 0.4) is 0 Å². The van der Waals surface area contributed by atoms with Crippen molar-refractivity contribution in [1.82, 2.24) is 30.4 Å². The second-order valence-corrected chi connectivity index (χ2v) is 6.73. The SMILES string of the molecule is O=C(NCc1nc(-c2ccccc2)n[nH]1)C1CC(=O)N(Cc2cccnc2)C1. The van der Waals surface area contributed by atoms with Gasteiger partial charge in [0.25, 0.3) is 0 Å². The third-order valence-corrected chi connectivity index (χ3v) is 4.68. The van der Waals surface area contributed by atoms with E-state index in [0.29, 0.717) is 24.7 Å². The Morgan fingerprint density at radius 1 is 1.21 bits per heavy atom. The molecule has 1 aliphatic heterocycles. The Kier molecular flexibility index (Phi) is 5.09. The van der Waals surface area contributed by atoms with Crippen molar-refractivity contribution in [3.63, 3.8) is 0 Å². The fourth-order valence-electron chi connectivity index (χ4n) is 3.22. The van der Waals surface area contributed by atoms with Gasteiger partial charge in [0, 0.05) is 37.5 Å². The normalized spacial score (nSPS) is 16.4. The van der Waals surface area contributed by atoms with Gasteiger partial charge in [-0.25, -0.2) is 4.98 Å². The van der Waals surface area contributed by atoms with Gasteiger partial charge in [-0.1, -0.05) is 36.4 Å². The highest BCUT2D eigenvalue weighted by Gasteiger charge is 2.34. The van der Waals surface area contributed by atoms with Gasteiger partial charge in [0.05, 0.1) is 12.5 Å². The average Bonchev–Trinajstić information content (AvgIpc) is 3.35. The van der Waals surface area contributed by atoms with E-state index in [1.165, 1.54) is 0 Å². The molecule has 28 heavy (non-hydrogen) atoms. The lowest BCUT2D eigenvalue weighted by Gasteiger charge is -2.16. The first kappa shape index (κ1) is 17.8. The molecule has 2 aromatic heterocycles. The van der Waals surface area contributed by atoms with Gasteiger partial charge in [-0.15, -0.1) is 0 Å². The van der Waals surface area contributed by atoms with Crippen LogP contribution in [-0.2, 0) is 22.7 Å². The van der Waals surface area contributed by atoms with Crippen LogP contribution in [0, 0.1) is 5.92 Å². The van der Waals surface area contributed by atoms with Crippen molar-refractivity contribution in [2.75, 3.05) is 6.54 Å². The van der Waals surface area contributed by atoms with Crippen molar-refractivity contribution in [3.8, 4) is 11.4 Å². The molecule has 0 saturated carbocycles. The molecule has 1 atom stereocenters. The summed E-state index contributed by atoms with van der Waals surface area (Å²) in [6, 6.07) is 13.4. The highest BCUT2D eigenvalue weighted by molar-refractivity contribution is 5.89. The maximum Gasteiger partial charge on any atom is 0.225 e. The zero-order chi connectivity index (χ0) is 19.3. The summed E-state index contributed by atoms with van der Waals surface area (Å²) in [5.41, 5.74) is 1.86. The predicted molar refractivity (Wildman–Crippen MR) is 101 cm³/mol. The highest BCUT2D eigenvalue weighted by atomic mass is 16.2. The lowest BCUT2D eigenvalue weighted by molar-refractivity contribution is -0.129. The van der Waals surface area contributed by atoms with E-state index in [0.717, 1.165) is 11.1 Å². The molecule has 2 amide bonds. The van der Waals surface area contributed by atoms with E-state index in [2.05, 4.69) is 25.5 Å². The second kappa shape index (κ2) is 7.99. The smallest absolute Gasteiger partial charge is 0.225 e. The Hall–Kier alpha value is -3.55. The third-order valence-electron chi connectivity index (χ3n) is 4.68. The summed E-state index contributed by atoms with van der Waals surface area (Å²) >= 11 is 0. The van der Waals surface area contributed by atoms with Crippen molar-refractivity contribution in [2.45, 2.75) is 19.5 Å². The predicted octanol–water partition coefficient (Wildman–Crippen LogP) is 1.53. The number of amides is 2. The summed E-state index contributed by atoms with van der Waals surface area (Å²) in [6.07, 6.45) is 3.64. The van der Waals surface area contributed by atoms with Gasteiger partial charge < -0.3 is 10.2 Å². The third kappa shape index (κ3) is 4.06. The number of aromatic amines is 1. The number of H-pyrrole nitrogens is 1. The zero-order valence-corrected chi connectivity index (χ0v) is 15.2. The summed E-state index contributed by atoms with van der Waals surface area (Å²) < 4.78 is 0. The molecule has 3 aromatic rings. The quantitative estimate of drug-likeness (QED) is 0.679. The first-order valence-corrected chi connectivity index (χ1v) is 9.10. The molecule has 4 rings (SSSR count). The Balaban J connectivity index is 1.31. The van der Waals surface area contributed by atoms with E-state index < -0.39 is 0 Å². The standard InChI is InChI=1S/C20H20N6O2/c27-18-9-16(13-26(18)12-14-5-4-8-21-10-14)20(28)22-11-17-23-19(25-24-17)15-6-2-1-3-7-15/h1-8,10,16H,9,11-13H2,(H,22,28)(H,23,24,25). The van der Waals surface area contributed by atoms with Crippen molar-refractivity contribution in [1.29, 1.82) is 0 Å². The maximum atomic E-state index is 12.5. The van der Waals surface area contributed by atoms with Crippen LogP contribution in [0.15, 0.2) is 54.9 Å². The minimum Gasteiger partial charge on any atom is -0.349 e. The molecule has 2 N–H and O–H groups in total. The number of hydrogen-bond donors (Lipinski definition) is 2. The number of carbonyl (C=O) groups is 2.